The third-order valence-corrected chi connectivity index (χ3v) is 4.65. The van der Waals surface area contributed by atoms with Gasteiger partial charge in [-0.1, -0.05) is 33.6 Å². The summed E-state index contributed by atoms with van der Waals surface area (Å²) in [6.07, 6.45) is 3.90. The summed E-state index contributed by atoms with van der Waals surface area (Å²) in [6.45, 7) is 6.37. The van der Waals surface area contributed by atoms with Crippen LogP contribution in [0.15, 0.2) is 0 Å². The van der Waals surface area contributed by atoms with Crippen molar-refractivity contribution in [3.63, 3.8) is 0 Å². The van der Waals surface area contributed by atoms with E-state index in [4.69, 9.17) is 5.11 Å². The van der Waals surface area contributed by atoms with Gasteiger partial charge in [0.2, 0.25) is 5.91 Å². The van der Waals surface area contributed by atoms with Gasteiger partial charge in [-0.25, -0.2) is 0 Å². The third-order valence-electron chi connectivity index (χ3n) is 4.65. The maximum Gasteiger partial charge on any atom is 0.320 e. The van der Waals surface area contributed by atoms with Crippen LogP contribution >= 0.6 is 0 Å². The number of amides is 1. The second kappa shape index (κ2) is 7.62. The smallest absolute Gasteiger partial charge is 0.320 e. The van der Waals surface area contributed by atoms with Gasteiger partial charge in [-0.05, 0) is 31.7 Å². The summed E-state index contributed by atoms with van der Waals surface area (Å²) in [7, 11) is 1.69. The lowest BCUT2D eigenvalue weighted by Gasteiger charge is -2.35. The number of hydrogen-bond donors (Lipinski definition) is 2. The zero-order valence-corrected chi connectivity index (χ0v) is 13.1. The molecule has 0 aromatic rings. The largest absolute Gasteiger partial charge is 0.480 e. The zero-order chi connectivity index (χ0) is 15.3. The molecular weight excluding hydrogens is 256 g/mol. The topological polar surface area (TPSA) is 69.6 Å². The van der Waals surface area contributed by atoms with Crippen LogP contribution in [0, 0.1) is 11.8 Å². The number of hydrogen-bond acceptors (Lipinski definition) is 3. The van der Waals surface area contributed by atoms with E-state index in [1.165, 1.54) is 6.42 Å². The van der Waals surface area contributed by atoms with Gasteiger partial charge >= 0.3 is 5.97 Å². The van der Waals surface area contributed by atoms with E-state index in [9.17, 15) is 9.59 Å². The monoisotopic (exact) mass is 284 g/mol. The highest BCUT2D eigenvalue weighted by Gasteiger charge is 2.29. The van der Waals surface area contributed by atoms with E-state index >= 15 is 0 Å². The van der Waals surface area contributed by atoms with Crippen molar-refractivity contribution < 1.29 is 14.7 Å². The highest BCUT2D eigenvalue weighted by molar-refractivity contribution is 5.80. The number of carboxylic acids is 1. The SMILES string of the molecule is CCC(C(=O)O)N(C)CC(=O)NC1CCCC(C)C1C. The molecule has 0 saturated heterocycles. The van der Waals surface area contributed by atoms with Crippen molar-refractivity contribution in [2.24, 2.45) is 11.8 Å². The fourth-order valence-electron chi connectivity index (χ4n) is 3.05. The van der Waals surface area contributed by atoms with E-state index < -0.39 is 12.0 Å². The van der Waals surface area contributed by atoms with Crippen LogP contribution in [-0.2, 0) is 9.59 Å². The first kappa shape index (κ1) is 17.0. The van der Waals surface area contributed by atoms with Crippen molar-refractivity contribution in [1.29, 1.82) is 0 Å². The molecule has 4 unspecified atom stereocenters. The molecule has 20 heavy (non-hydrogen) atoms. The number of rotatable bonds is 6. The standard InChI is InChI=1S/C15H28N2O3/c1-5-13(15(19)20)17(4)9-14(18)16-12-8-6-7-10(2)11(12)3/h10-13H,5-9H2,1-4H3,(H,16,18)(H,19,20). The van der Waals surface area contributed by atoms with Crippen LogP contribution in [0.1, 0.15) is 46.5 Å². The van der Waals surface area contributed by atoms with E-state index in [-0.39, 0.29) is 18.5 Å². The molecule has 0 aliphatic heterocycles. The molecule has 116 valence electrons. The van der Waals surface area contributed by atoms with Crippen LogP contribution < -0.4 is 5.32 Å². The van der Waals surface area contributed by atoms with Gasteiger partial charge in [-0.15, -0.1) is 0 Å². The number of aliphatic carboxylic acids is 1. The molecule has 1 aliphatic carbocycles. The maximum atomic E-state index is 12.1. The first-order valence-corrected chi connectivity index (χ1v) is 7.59. The number of nitrogens with zero attached hydrogens (tertiary/aromatic N) is 1. The van der Waals surface area contributed by atoms with Crippen molar-refractivity contribution in [2.45, 2.75) is 58.5 Å². The molecule has 0 spiro atoms. The highest BCUT2D eigenvalue weighted by atomic mass is 16.4. The molecule has 0 aromatic carbocycles. The van der Waals surface area contributed by atoms with E-state index in [2.05, 4.69) is 19.2 Å². The molecule has 2 N–H and O–H groups in total. The number of nitrogens with one attached hydrogen (secondary N) is 1. The minimum atomic E-state index is -0.873. The Morgan fingerprint density at radius 2 is 2.00 bits per heavy atom. The molecule has 0 aromatic heterocycles. The lowest BCUT2D eigenvalue weighted by molar-refractivity contribution is -0.143. The second-order valence-electron chi connectivity index (χ2n) is 6.12. The molecule has 1 amide bonds. The van der Waals surface area contributed by atoms with Gasteiger partial charge in [0.25, 0.3) is 0 Å². The average molecular weight is 284 g/mol. The van der Waals surface area contributed by atoms with Crippen LogP contribution in [-0.4, -0.2) is 47.6 Å². The van der Waals surface area contributed by atoms with Crippen LogP contribution in [0.25, 0.3) is 0 Å². The predicted molar refractivity (Wildman–Crippen MR) is 78.5 cm³/mol. The van der Waals surface area contributed by atoms with Crippen LogP contribution in [0.2, 0.25) is 0 Å². The van der Waals surface area contributed by atoms with Crippen LogP contribution in [0.4, 0.5) is 0 Å². The van der Waals surface area contributed by atoms with Gasteiger partial charge < -0.3 is 10.4 Å². The molecule has 5 heteroatoms. The summed E-state index contributed by atoms with van der Waals surface area (Å²) in [5, 5.41) is 12.2. The maximum absolute atomic E-state index is 12.1. The molecule has 0 heterocycles. The van der Waals surface area contributed by atoms with Gasteiger partial charge in [-0.3, -0.25) is 14.5 Å². The quantitative estimate of drug-likeness (QED) is 0.779. The Morgan fingerprint density at radius 3 is 2.55 bits per heavy atom. The first-order chi connectivity index (χ1) is 9.36. The Labute approximate surface area is 121 Å². The molecular formula is C15H28N2O3. The Morgan fingerprint density at radius 1 is 1.35 bits per heavy atom. The normalized spacial score (nSPS) is 28.1. The minimum Gasteiger partial charge on any atom is -0.480 e. The molecule has 0 bridgehead atoms. The Bertz CT molecular complexity index is 346. The summed E-state index contributed by atoms with van der Waals surface area (Å²) in [6, 6.07) is -0.368. The van der Waals surface area contributed by atoms with E-state index in [0.29, 0.717) is 18.3 Å². The summed E-state index contributed by atoms with van der Waals surface area (Å²) in [5.74, 6) is 0.175. The lowest BCUT2D eigenvalue weighted by atomic mass is 9.78. The summed E-state index contributed by atoms with van der Waals surface area (Å²) in [5.41, 5.74) is 0. The van der Waals surface area contributed by atoms with Gasteiger partial charge in [0, 0.05) is 6.04 Å². The van der Waals surface area contributed by atoms with Gasteiger partial charge in [-0.2, -0.15) is 0 Å². The molecule has 5 nitrogen and oxygen atoms in total. The molecule has 1 rings (SSSR count). The first-order valence-electron chi connectivity index (χ1n) is 7.59. The minimum absolute atomic E-state index is 0.0712. The summed E-state index contributed by atoms with van der Waals surface area (Å²) in [4.78, 5) is 24.7. The van der Waals surface area contributed by atoms with Gasteiger partial charge in [0.1, 0.15) is 6.04 Å². The van der Waals surface area contributed by atoms with Crippen molar-refractivity contribution in [3.8, 4) is 0 Å². The fourth-order valence-corrected chi connectivity index (χ4v) is 3.05. The molecule has 1 fully saturated rings. The predicted octanol–water partition coefficient (Wildman–Crippen LogP) is 1.72. The van der Waals surface area contributed by atoms with Gasteiger partial charge in [0.05, 0.1) is 6.54 Å². The Balaban J connectivity index is 2.48. The summed E-state index contributed by atoms with van der Waals surface area (Å²) >= 11 is 0. The molecule has 4 atom stereocenters. The molecule has 0 radical (unpaired) electrons. The number of carbonyl (C=O) groups excluding carboxylic acids is 1. The lowest BCUT2D eigenvalue weighted by Crippen LogP contribution is -2.49. The number of carbonyl (C=O) groups is 2. The van der Waals surface area contributed by atoms with Crippen molar-refractivity contribution in [3.05, 3.63) is 0 Å². The van der Waals surface area contributed by atoms with Crippen molar-refractivity contribution >= 4 is 11.9 Å². The van der Waals surface area contributed by atoms with Gasteiger partial charge in [0.15, 0.2) is 0 Å². The second-order valence-corrected chi connectivity index (χ2v) is 6.12. The average Bonchev–Trinajstić information content (AvgIpc) is 2.35. The summed E-state index contributed by atoms with van der Waals surface area (Å²) < 4.78 is 0. The van der Waals surface area contributed by atoms with Crippen molar-refractivity contribution in [1.82, 2.24) is 10.2 Å². The van der Waals surface area contributed by atoms with E-state index in [1.807, 2.05) is 6.92 Å². The fraction of sp³-hybridized carbons (Fsp3) is 0.867. The van der Waals surface area contributed by atoms with Crippen LogP contribution in [0.5, 0.6) is 0 Å². The molecule has 1 aliphatic rings. The Kier molecular flexibility index (Phi) is 6.46. The van der Waals surface area contributed by atoms with E-state index in [0.717, 1.165) is 12.8 Å². The van der Waals surface area contributed by atoms with Crippen LogP contribution in [0.3, 0.4) is 0 Å². The zero-order valence-electron chi connectivity index (χ0n) is 13.1. The molecule has 1 saturated carbocycles. The van der Waals surface area contributed by atoms with Crippen molar-refractivity contribution in [2.75, 3.05) is 13.6 Å². The number of carboxylic acid groups (broad SMARTS) is 1. The third kappa shape index (κ3) is 4.47. The van der Waals surface area contributed by atoms with E-state index in [1.54, 1.807) is 11.9 Å². The number of likely N-dealkylation sites (N-methyl/N-ethyl adjacent to an activating group) is 1. The highest BCUT2D eigenvalue weighted by Crippen LogP contribution is 2.29. The Hall–Kier alpha value is -1.10.